The number of rotatable bonds is 3. The molecule has 0 aliphatic carbocycles. The molecule has 2 aromatic heterocycles. The lowest BCUT2D eigenvalue weighted by Crippen LogP contribution is -2.39. The summed E-state index contributed by atoms with van der Waals surface area (Å²) >= 11 is 0. The molecule has 1 fully saturated rings. The minimum Gasteiger partial charge on any atom is -0.392 e. The van der Waals surface area contributed by atoms with Crippen LogP contribution in [0.4, 0.5) is 0 Å². The van der Waals surface area contributed by atoms with Crippen molar-refractivity contribution in [3.8, 4) is 0 Å². The number of morpholine rings is 1. The lowest BCUT2D eigenvalue weighted by molar-refractivity contribution is 0.0342. The van der Waals surface area contributed by atoms with Crippen molar-refractivity contribution in [1.82, 2.24) is 24.6 Å². The van der Waals surface area contributed by atoms with Crippen LogP contribution in [-0.2, 0) is 11.3 Å². The molecule has 4 rings (SSSR count). The Bertz CT molecular complexity index is 1090. The van der Waals surface area contributed by atoms with Gasteiger partial charge in [0.25, 0.3) is 0 Å². The van der Waals surface area contributed by atoms with Gasteiger partial charge in [0, 0.05) is 32.9 Å². The van der Waals surface area contributed by atoms with Crippen molar-refractivity contribution >= 4 is 22.9 Å². The van der Waals surface area contributed by atoms with Crippen LogP contribution in [0.3, 0.4) is 0 Å². The second-order valence-corrected chi connectivity index (χ2v) is 6.13. The van der Waals surface area contributed by atoms with Crippen molar-refractivity contribution in [3.63, 3.8) is 0 Å². The van der Waals surface area contributed by atoms with Gasteiger partial charge in [0.1, 0.15) is 5.36 Å². The van der Waals surface area contributed by atoms with Crippen molar-refractivity contribution in [1.29, 1.82) is 5.41 Å². The van der Waals surface area contributed by atoms with Crippen LogP contribution in [0.1, 0.15) is 5.56 Å². The molecule has 3 heterocycles. The van der Waals surface area contributed by atoms with Crippen LogP contribution in [0.5, 0.6) is 0 Å². The number of hydrogen-bond donors (Lipinski definition) is 3. The van der Waals surface area contributed by atoms with Crippen molar-refractivity contribution in [2.45, 2.75) is 6.54 Å². The highest BCUT2D eigenvalue weighted by Crippen LogP contribution is 2.16. The molecule has 8 heteroatoms. The predicted molar refractivity (Wildman–Crippen MR) is 94.0 cm³/mol. The number of imidazole rings is 1. The molecule has 130 valence electrons. The van der Waals surface area contributed by atoms with E-state index < -0.39 is 0 Å². The van der Waals surface area contributed by atoms with E-state index in [0.717, 1.165) is 43.9 Å². The number of aromatic amines is 1. The maximum atomic E-state index is 12.4. The number of aromatic nitrogens is 3. The van der Waals surface area contributed by atoms with E-state index in [1.165, 1.54) is 4.40 Å². The summed E-state index contributed by atoms with van der Waals surface area (Å²) < 4.78 is 6.84. The van der Waals surface area contributed by atoms with Gasteiger partial charge in [-0.25, -0.2) is 14.2 Å². The van der Waals surface area contributed by atoms with Gasteiger partial charge >= 0.3 is 5.69 Å². The third-order valence-corrected chi connectivity index (χ3v) is 4.46. The summed E-state index contributed by atoms with van der Waals surface area (Å²) in [5.41, 5.74) is 2.65. The fraction of sp³-hybridized carbons (Fsp3) is 0.353. The maximum absolute atomic E-state index is 12.4. The van der Waals surface area contributed by atoms with Crippen LogP contribution in [0.15, 0.2) is 23.0 Å². The van der Waals surface area contributed by atoms with Crippen molar-refractivity contribution in [3.05, 3.63) is 45.0 Å². The Kier molecular flexibility index (Phi) is 3.98. The Morgan fingerprint density at radius 3 is 2.96 bits per heavy atom. The monoisotopic (exact) mass is 340 g/mol. The normalized spacial score (nSPS) is 16.8. The molecule has 0 amide bonds. The molecule has 0 unspecified atom stereocenters. The third kappa shape index (κ3) is 2.79. The van der Waals surface area contributed by atoms with Crippen LogP contribution in [-0.4, -0.2) is 52.6 Å². The maximum Gasteiger partial charge on any atom is 0.332 e. The fourth-order valence-electron chi connectivity index (χ4n) is 3.22. The Balaban J connectivity index is 1.83. The highest BCUT2D eigenvalue weighted by molar-refractivity contribution is 5.80. The molecular weight excluding hydrogens is 320 g/mol. The van der Waals surface area contributed by atoms with Crippen molar-refractivity contribution < 1.29 is 4.74 Å². The summed E-state index contributed by atoms with van der Waals surface area (Å²) in [7, 11) is 1.72. The lowest BCUT2D eigenvalue weighted by atomic mass is 10.2. The van der Waals surface area contributed by atoms with Gasteiger partial charge in [-0.1, -0.05) is 6.07 Å². The molecule has 8 nitrogen and oxygen atoms in total. The van der Waals surface area contributed by atoms with E-state index in [9.17, 15) is 4.79 Å². The van der Waals surface area contributed by atoms with E-state index in [2.05, 4.69) is 20.2 Å². The average molecular weight is 340 g/mol. The van der Waals surface area contributed by atoms with Gasteiger partial charge in [-0.2, -0.15) is 0 Å². The van der Waals surface area contributed by atoms with Crippen LogP contribution in [0.25, 0.3) is 22.9 Å². The van der Waals surface area contributed by atoms with Crippen LogP contribution < -0.4 is 21.7 Å². The predicted octanol–water partition coefficient (Wildman–Crippen LogP) is -0.836. The minimum atomic E-state index is -0.295. The number of ether oxygens (including phenoxy) is 1. The SMILES string of the molecule is CN/C=c1/[nH]c(=O)n2c(nc3cc(CN4CCOCC4)ccc32)c1=N. The second-order valence-electron chi connectivity index (χ2n) is 6.13. The van der Waals surface area contributed by atoms with Gasteiger partial charge in [-0.15, -0.1) is 0 Å². The van der Waals surface area contributed by atoms with E-state index >= 15 is 0 Å². The number of nitrogens with zero attached hydrogens (tertiary/aromatic N) is 3. The Morgan fingerprint density at radius 1 is 1.40 bits per heavy atom. The Morgan fingerprint density at radius 2 is 2.20 bits per heavy atom. The number of benzene rings is 1. The van der Waals surface area contributed by atoms with Gasteiger partial charge in [-0.05, 0) is 17.7 Å². The summed E-state index contributed by atoms with van der Waals surface area (Å²) in [5, 5.41) is 11.7. The van der Waals surface area contributed by atoms with Gasteiger partial charge in [0.15, 0.2) is 5.65 Å². The number of nitrogens with one attached hydrogen (secondary N) is 3. The van der Waals surface area contributed by atoms with Crippen molar-refractivity contribution in [2.24, 2.45) is 0 Å². The Labute approximate surface area is 143 Å². The third-order valence-electron chi connectivity index (χ3n) is 4.46. The zero-order valence-electron chi connectivity index (χ0n) is 14.0. The van der Waals surface area contributed by atoms with Gasteiger partial charge in [0.05, 0.1) is 29.6 Å². The molecule has 3 aromatic rings. The number of fused-ring (bicyclic) bond motifs is 3. The molecule has 1 aromatic carbocycles. The standard InChI is InChI=1S/C17H20N6O2/c1-19-9-13-15(18)16-20-12-8-11(10-22-4-6-25-7-5-22)2-3-14(12)23(16)17(24)21-13/h2-3,8-9,18-19H,4-7,10H2,1H3,(H,21,24)/b13-9+,18-15?. The molecule has 1 aliphatic heterocycles. The largest absolute Gasteiger partial charge is 0.392 e. The first-order valence-electron chi connectivity index (χ1n) is 8.27. The first kappa shape index (κ1) is 15.8. The zero-order valence-corrected chi connectivity index (χ0v) is 14.0. The molecule has 3 N–H and O–H groups in total. The summed E-state index contributed by atoms with van der Waals surface area (Å²) in [6, 6.07) is 5.92. The molecular formula is C17H20N6O2. The summed E-state index contributed by atoms with van der Waals surface area (Å²) in [4.78, 5) is 22.0. The molecule has 0 saturated carbocycles. The molecule has 1 aliphatic rings. The second kappa shape index (κ2) is 6.30. The summed E-state index contributed by atoms with van der Waals surface area (Å²) in [5.74, 6) is 0. The average Bonchev–Trinajstić information content (AvgIpc) is 3.00. The van der Waals surface area contributed by atoms with Gasteiger partial charge in [-0.3, -0.25) is 10.3 Å². The fourth-order valence-corrected chi connectivity index (χ4v) is 3.22. The van der Waals surface area contributed by atoms with E-state index in [-0.39, 0.29) is 11.0 Å². The molecule has 25 heavy (non-hydrogen) atoms. The van der Waals surface area contributed by atoms with E-state index in [0.29, 0.717) is 16.5 Å². The van der Waals surface area contributed by atoms with E-state index in [1.54, 1.807) is 13.2 Å². The number of hydrogen-bond acceptors (Lipinski definition) is 6. The smallest absolute Gasteiger partial charge is 0.332 e. The summed E-state index contributed by atoms with van der Waals surface area (Å²) in [6.45, 7) is 4.19. The highest BCUT2D eigenvalue weighted by atomic mass is 16.5. The molecule has 1 saturated heterocycles. The quantitative estimate of drug-likeness (QED) is 0.578. The topological polar surface area (TPSA) is 98.5 Å². The van der Waals surface area contributed by atoms with E-state index in [4.69, 9.17) is 10.1 Å². The molecule has 0 spiro atoms. The molecule has 0 atom stereocenters. The molecule has 0 radical (unpaired) electrons. The minimum absolute atomic E-state index is 0.194. The van der Waals surface area contributed by atoms with Crippen LogP contribution in [0, 0.1) is 5.41 Å². The Hall–Kier alpha value is -2.71. The van der Waals surface area contributed by atoms with Gasteiger partial charge in [0.2, 0.25) is 0 Å². The summed E-state index contributed by atoms with van der Waals surface area (Å²) in [6.07, 6.45) is 1.59. The highest BCUT2D eigenvalue weighted by Gasteiger charge is 2.13. The zero-order chi connectivity index (χ0) is 17.4. The number of H-pyrrole nitrogens is 1. The van der Waals surface area contributed by atoms with Crippen molar-refractivity contribution in [2.75, 3.05) is 33.4 Å². The molecule has 0 bridgehead atoms. The lowest BCUT2D eigenvalue weighted by Gasteiger charge is -2.26. The van der Waals surface area contributed by atoms with E-state index in [1.807, 2.05) is 18.2 Å². The van der Waals surface area contributed by atoms with Crippen LogP contribution >= 0.6 is 0 Å². The first-order valence-corrected chi connectivity index (χ1v) is 8.27. The van der Waals surface area contributed by atoms with Gasteiger partial charge < -0.3 is 15.0 Å². The van der Waals surface area contributed by atoms with Crippen LogP contribution in [0.2, 0.25) is 0 Å². The first-order chi connectivity index (χ1) is 12.2.